The standard InChI is InChI=1S/C25H21FN4O2S/c1-15-6-3-8-18(12-15)23-28-24(32-29-23)21-16(2)30(14-20-10-5-11-31-20)25(33)27-22(21)17-7-4-9-19(26)13-17/h3-13,22H,14H2,1-2H3,(H,27,33). The topological polar surface area (TPSA) is 67.3 Å². The van der Waals surface area contributed by atoms with E-state index in [-0.39, 0.29) is 5.82 Å². The summed E-state index contributed by atoms with van der Waals surface area (Å²) in [6.45, 7) is 4.38. The molecule has 8 heteroatoms. The number of furan rings is 1. The fourth-order valence-corrected chi connectivity index (χ4v) is 4.30. The average Bonchev–Trinajstić information content (AvgIpc) is 3.49. The van der Waals surface area contributed by atoms with Crippen LogP contribution >= 0.6 is 12.2 Å². The average molecular weight is 461 g/mol. The summed E-state index contributed by atoms with van der Waals surface area (Å²) >= 11 is 5.66. The van der Waals surface area contributed by atoms with Crippen LogP contribution in [0.4, 0.5) is 4.39 Å². The zero-order valence-corrected chi connectivity index (χ0v) is 18.9. The molecule has 166 valence electrons. The molecule has 1 aliphatic rings. The monoisotopic (exact) mass is 460 g/mol. The molecule has 1 N–H and O–H groups in total. The van der Waals surface area contributed by atoms with Gasteiger partial charge in [-0.1, -0.05) is 41.1 Å². The summed E-state index contributed by atoms with van der Waals surface area (Å²) in [6.07, 6.45) is 1.62. The van der Waals surface area contributed by atoms with Crippen LogP contribution in [-0.4, -0.2) is 20.2 Å². The van der Waals surface area contributed by atoms with Crippen LogP contribution in [0, 0.1) is 12.7 Å². The second-order valence-electron chi connectivity index (χ2n) is 7.89. The van der Waals surface area contributed by atoms with Crippen LogP contribution in [0.1, 0.15) is 35.7 Å². The van der Waals surface area contributed by atoms with Crippen molar-refractivity contribution in [3.8, 4) is 11.4 Å². The number of nitrogens with one attached hydrogen (secondary N) is 1. The summed E-state index contributed by atoms with van der Waals surface area (Å²) in [5, 5.41) is 8.03. The SMILES string of the molecule is CC1=C(c2nc(-c3cccc(C)c3)no2)C(c2cccc(F)c2)NC(=S)N1Cc1ccco1. The summed E-state index contributed by atoms with van der Waals surface area (Å²) in [5.74, 6) is 1.25. The van der Waals surface area contributed by atoms with Gasteiger partial charge in [-0.3, -0.25) is 0 Å². The maximum Gasteiger partial charge on any atom is 0.258 e. The second kappa shape index (κ2) is 8.63. The predicted molar refractivity (Wildman–Crippen MR) is 126 cm³/mol. The van der Waals surface area contributed by atoms with E-state index < -0.39 is 6.04 Å². The summed E-state index contributed by atoms with van der Waals surface area (Å²) < 4.78 is 25.3. The normalized spacial score (nSPS) is 16.3. The Hall–Kier alpha value is -3.78. The molecule has 0 radical (unpaired) electrons. The van der Waals surface area contributed by atoms with Crippen molar-refractivity contribution in [1.29, 1.82) is 0 Å². The van der Waals surface area contributed by atoms with Gasteiger partial charge in [0.2, 0.25) is 5.82 Å². The highest BCUT2D eigenvalue weighted by Crippen LogP contribution is 2.38. The largest absolute Gasteiger partial charge is 0.467 e. The number of allylic oxidation sites excluding steroid dienone is 1. The Balaban J connectivity index is 1.61. The number of hydrogen-bond donors (Lipinski definition) is 1. The van der Waals surface area contributed by atoms with E-state index in [1.54, 1.807) is 12.3 Å². The lowest BCUT2D eigenvalue weighted by molar-refractivity contribution is 0.382. The summed E-state index contributed by atoms with van der Waals surface area (Å²) in [7, 11) is 0. The zero-order chi connectivity index (χ0) is 22.9. The van der Waals surface area contributed by atoms with Gasteiger partial charge in [-0.25, -0.2) is 4.39 Å². The van der Waals surface area contributed by atoms with E-state index in [1.807, 2.05) is 61.2 Å². The third kappa shape index (κ3) is 4.17. The highest BCUT2D eigenvalue weighted by atomic mass is 32.1. The van der Waals surface area contributed by atoms with Gasteiger partial charge < -0.3 is 19.2 Å². The van der Waals surface area contributed by atoms with Crippen LogP contribution in [0.25, 0.3) is 17.0 Å². The summed E-state index contributed by atoms with van der Waals surface area (Å²) in [6, 6.07) is 17.6. The fourth-order valence-electron chi connectivity index (χ4n) is 3.98. The molecule has 0 spiro atoms. The number of aromatic nitrogens is 2. The van der Waals surface area contributed by atoms with Crippen molar-refractivity contribution < 1.29 is 13.3 Å². The van der Waals surface area contributed by atoms with Gasteiger partial charge in [0.05, 0.1) is 24.4 Å². The lowest BCUT2D eigenvalue weighted by Crippen LogP contribution is -2.45. The number of hydrogen-bond acceptors (Lipinski definition) is 5. The molecule has 0 bridgehead atoms. The third-order valence-electron chi connectivity index (χ3n) is 5.61. The van der Waals surface area contributed by atoms with Crippen LogP contribution < -0.4 is 5.32 Å². The van der Waals surface area contributed by atoms with Crippen LogP contribution in [-0.2, 0) is 6.54 Å². The number of rotatable bonds is 5. The minimum absolute atomic E-state index is 0.332. The molecule has 2 aromatic heterocycles. The molecule has 0 aliphatic carbocycles. The number of halogens is 1. The molecule has 0 amide bonds. The van der Waals surface area contributed by atoms with Gasteiger partial charge in [0.1, 0.15) is 11.6 Å². The van der Waals surface area contributed by atoms with Crippen molar-refractivity contribution >= 4 is 22.9 Å². The van der Waals surface area contributed by atoms with Gasteiger partial charge in [-0.15, -0.1) is 0 Å². The van der Waals surface area contributed by atoms with E-state index in [1.165, 1.54) is 12.1 Å². The van der Waals surface area contributed by atoms with E-state index in [0.717, 1.165) is 28.2 Å². The van der Waals surface area contributed by atoms with Crippen LogP contribution in [0.15, 0.2) is 81.6 Å². The molecule has 33 heavy (non-hydrogen) atoms. The van der Waals surface area contributed by atoms with E-state index >= 15 is 0 Å². The first-order valence-electron chi connectivity index (χ1n) is 10.5. The minimum Gasteiger partial charge on any atom is -0.467 e. The Kier molecular flexibility index (Phi) is 5.51. The first-order chi connectivity index (χ1) is 16.0. The van der Waals surface area contributed by atoms with Gasteiger partial charge in [0, 0.05) is 11.3 Å². The van der Waals surface area contributed by atoms with Gasteiger partial charge in [0.25, 0.3) is 5.89 Å². The molecule has 5 rings (SSSR count). The van der Waals surface area contributed by atoms with Crippen LogP contribution in [0.3, 0.4) is 0 Å². The predicted octanol–water partition coefficient (Wildman–Crippen LogP) is 5.64. The molecule has 1 unspecified atom stereocenters. The fraction of sp³-hybridized carbons (Fsp3) is 0.160. The molecule has 2 aromatic carbocycles. The number of aryl methyl sites for hydroxylation is 1. The lowest BCUT2D eigenvalue weighted by Gasteiger charge is -2.37. The number of thiocarbonyl (C=S) groups is 1. The van der Waals surface area contributed by atoms with E-state index in [0.29, 0.717) is 28.9 Å². The molecular weight excluding hydrogens is 439 g/mol. The first-order valence-corrected chi connectivity index (χ1v) is 10.9. The molecule has 0 saturated heterocycles. The Morgan fingerprint density at radius 3 is 2.70 bits per heavy atom. The van der Waals surface area contributed by atoms with Crippen molar-refractivity contribution in [3.63, 3.8) is 0 Å². The van der Waals surface area contributed by atoms with E-state index in [4.69, 9.17) is 21.2 Å². The molecule has 1 aliphatic heterocycles. The Bertz CT molecular complexity index is 1350. The number of nitrogens with zero attached hydrogens (tertiary/aromatic N) is 3. The van der Waals surface area contributed by atoms with Crippen molar-refractivity contribution in [1.82, 2.24) is 20.4 Å². The smallest absolute Gasteiger partial charge is 0.258 e. The van der Waals surface area contributed by atoms with Gasteiger partial charge >= 0.3 is 0 Å². The van der Waals surface area contributed by atoms with Crippen LogP contribution in [0.5, 0.6) is 0 Å². The van der Waals surface area contributed by atoms with Crippen molar-refractivity contribution in [2.24, 2.45) is 0 Å². The Morgan fingerprint density at radius 2 is 1.94 bits per heavy atom. The molecule has 4 aromatic rings. The lowest BCUT2D eigenvalue weighted by atomic mass is 9.94. The summed E-state index contributed by atoms with van der Waals surface area (Å²) in [4.78, 5) is 6.60. The van der Waals surface area contributed by atoms with Gasteiger partial charge in [0.15, 0.2) is 5.11 Å². The van der Waals surface area contributed by atoms with Gasteiger partial charge in [-0.05, 0) is 62.0 Å². The molecule has 6 nitrogen and oxygen atoms in total. The first kappa shape index (κ1) is 21.1. The quantitative estimate of drug-likeness (QED) is 0.387. The van der Waals surface area contributed by atoms with Crippen molar-refractivity contribution in [2.45, 2.75) is 26.4 Å². The van der Waals surface area contributed by atoms with Crippen molar-refractivity contribution in [3.05, 3.63) is 101 Å². The van der Waals surface area contributed by atoms with E-state index in [2.05, 4.69) is 15.5 Å². The Labute approximate surface area is 195 Å². The highest BCUT2D eigenvalue weighted by Gasteiger charge is 2.34. The highest BCUT2D eigenvalue weighted by molar-refractivity contribution is 7.80. The third-order valence-corrected chi connectivity index (χ3v) is 5.94. The van der Waals surface area contributed by atoms with Gasteiger partial charge in [-0.2, -0.15) is 4.98 Å². The molecule has 0 fully saturated rings. The number of benzene rings is 2. The van der Waals surface area contributed by atoms with Crippen LogP contribution in [0.2, 0.25) is 0 Å². The molecule has 0 saturated carbocycles. The Morgan fingerprint density at radius 1 is 1.09 bits per heavy atom. The molecule has 3 heterocycles. The maximum atomic E-state index is 14.1. The summed E-state index contributed by atoms with van der Waals surface area (Å²) in [5.41, 5.74) is 4.22. The maximum absolute atomic E-state index is 14.1. The zero-order valence-electron chi connectivity index (χ0n) is 18.1. The molecule has 1 atom stereocenters. The minimum atomic E-state index is -0.452. The second-order valence-corrected chi connectivity index (χ2v) is 8.28. The van der Waals surface area contributed by atoms with E-state index in [9.17, 15) is 4.39 Å². The molecular formula is C25H21FN4O2S. The van der Waals surface area contributed by atoms with Crippen molar-refractivity contribution in [2.75, 3.05) is 0 Å².